The predicted octanol–water partition coefficient (Wildman–Crippen LogP) is 10.1. The molecule has 324 valence electrons. The number of rotatable bonds is 39. The van der Waals surface area contributed by atoms with Crippen molar-refractivity contribution in [2.75, 3.05) is 26.4 Å². The maximum atomic E-state index is 12.6. The second kappa shape index (κ2) is 39.5. The highest BCUT2D eigenvalue weighted by Gasteiger charge is 2.27. The lowest BCUT2D eigenvalue weighted by molar-refractivity contribution is -0.161. The van der Waals surface area contributed by atoms with Gasteiger partial charge in [0.1, 0.15) is 12.7 Å². The molecule has 0 rings (SSSR count). The van der Waals surface area contributed by atoms with Crippen LogP contribution in [0.1, 0.15) is 162 Å². The van der Waals surface area contributed by atoms with Crippen LogP contribution < -0.4 is 0 Å². The van der Waals surface area contributed by atoms with Gasteiger partial charge in [-0.2, -0.15) is 0 Å². The Balaban J connectivity index is 4.47. The van der Waals surface area contributed by atoms with Crippen molar-refractivity contribution >= 4 is 19.8 Å². The molecule has 0 aliphatic rings. The zero-order valence-corrected chi connectivity index (χ0v) is 35.6. The number of esters is 2. The molecule has 11 nitrogen and oxygen atoms in total. The first-order valence-corrected chi connectivity index (χ1v) is 22.8. The molecule has 0 aromatic heterocycles. The van der Waals surface area contributed by atoms with Gasteiger partial charge in [-0.1, -0.05) is 164 Å². The molecule has 0 aliphatic heterocycles. The van der Waals surface area contributed by atoms with E-state index in [1.165, 1.54) is 70.6 Å². The summed E-state index contributed by atoms with van der Waals surface area (Å²) in [6.07, 6.45) is 39.4. The standard InChI is InChI=1S/C44H77O11P/c1-3-5-7-9-11-12-13-14-15-16-17-18-22-26-30-34-43(48)52-38-42(39-54-56(50,51)53-37-41(47)36-45)55-44(49)35-31-27-23-20-19-21-25-29-33-40(46)32-28-24-10-8-6-4-2/h6,8,20-21,23-25,28-29,33,40-42,45-47H,3-5,7,9-19,22,26-27,30-32,34-39H2,1-2H3,(H,50,51)/b8-6-,23-20-,25-21-,28-24-,33-29+/t40?,41-,42+/m0/s1. The smallest absolute Gasteiger partial charge is 0.462 e. The summed E-state index contributed by atoms with van der Waals surface area (Å²) in [6.45, 7) is 2.10. The molecule has 0 saturated heterocycles. The first kappa shape index (κ1) is 53.6. The summed E-state index contributed by atoms with van der Waals surface area (Å²) >= 11 is 0. The van der Waals surface area contributed by atoms with E-state index in [0.29, 0.717) is 32.1 Å². The number of hydrogen-bond donors (Lipinski definition) is 4. The molecule has 0 aromatic carbocycles. The molecule has 0 saturated carbocycles. The van der Waals surface area contributed by atoms with Crippen LogP contribution in [0.15, 0.2) is 60.8 Å². The summed E-state index contributed by atoms with van der Waals surface area (Å²) in [5, 5.41) is 28.3. The average Bonchev–Trinajstić information content (AvgIpc) is 3.18. The molecule has 0 fully saturated rings. The number of aliphatic hydroxyl groups is 3. The second-order valence-electron chi connectivity index (χ2n) is 14.2. The van der Waals surface area contributed by atoms with Gasteiger partial charge in [0.15, 0.2) is 6.10 Å². The number of phosphoric ester groups is 1. The van der Waals surface area contributed by atoms with Crippen molar-refractivity contribution in [1.82, 2.24) is 0 Å². The van der Waals surface area contributed by atoms with E-state index in [2.05, 4.69) is 30.5 Å². The van der Waals surface area contributed by atoms with Crippen molar-refractivity contribution in [1.29, 1.82) is 0 Å². The third kappa shape index (κ3) is 38.5. The van der Waals surface area contributed by atoms with Crippen LogP contribution in [0.25, 0.3) is 0 Å². The minimum atomic E-state index is -4.65. The summed E-state index contributed by atoms with van der Waals surface area (Å²) in [7, 11) is -4.65. The Kier molecular flexibility index (Phi) is 37.8. The lowest BCUT2D eigenvalue weighted by Crippen LogP contribution is -2.29. The molecule has 0 spiro atoms. The van der Waals surface area contributed by atoms with Gasteiger partial charge in [-0.15, -0.1) is 0 Å². The Morgan fingerprint density at radius 2 is 1.18 bits per heavy atom. The number of carbonyl (C=O) groups is 2. The molecule has 0 radical (unpaired) electrons. The Hall–Kier alpha value is -2.37. The molecule has 4 atom stereocenters. The van der Waals surface area contributed by atoms with E-state index in [9.17, 15) is 29.3 Å². The molecular formula is C44H77O11P. The summed E-state index contributed by atoms with van der Waals surface area (Å²) in [6, 6.07) is 0. The highest BCUT2D eigenvalue weighted by atomic mass is 31.2. The number of phosphoric acid groups is 1. The fourth-order valence-corrected chi connectivity index (χ4v) is 6.26. The lowest BCUT2D eigenvalue weighted by Gasteiger charge is -2.20. The fraction of sp³-hybridized carbons (Fsp3) is 0.727. The van der Waals surface area contributed by atoms with E-state index in [-0.39, 0.29) is 19.4 Å². The second-order valence-corrected chi connectivity index (χ2v) is 15.6. The Bertz CT molecular complexity index is 1130. The van der Waals surface area contributed by atoms with Gasteiger partial charge in [0, 0.05) is 12.8 Å². The number of allylic oxidation sites excluding steroid dienone is 8. The van der Waals surface area contributed by atoms with Crippen molar-refractivity contribution < 1.29 is 52.9 Å². The van der Waals surface area contributed by atoms with Crippen LogP contribution in [0.2, 0.25) is 0 Å². The first-order valence-electron chi connectivity index (χ1n) is 21.4. The summed E-state index contributed by atoms with van der Waals surface area (Å²) < 4.78 is 32.6. The maximum Gasteiger partial charge on any atom is 0.472 e. The van der Waals surface area contributed by atoms with Crippen molar-refractivity contribution in [3.05, 3.63) is 60.8 Å². The summed E-state index contributed by atoms with van der Waals surface area (Å²) in [5.41, 5.74) is 0. The first-order chi connectivity index (χ1) is 27.1. The number of hydrogen-bond acceptors (Lipinski definition) is 10. The molecule has 4 N–H and O–H groups in total. The van der Waals surface area contributed by atoms with Crippen LogP contribution in [-0.4, -0.2) is 76.9 Å². The van der Waals surface area contributed by atoms with Crippen molar-refractivity contribution in [2.45, 2.75) is 180 Å². The Morgan fingerprint density at radius 1 is 0.625 bits per heavy atom. The molecule has 0 amide bonds. The monoisotopic (exact) mass is 813 g/mol. The van der Waals surface area contributed by atoms with E-state index in [4.69, 9.17) is 19.1 Å². The molecule has 0 heterocycles. The Morgan fingerprint density at radius 3 is 1.80 bits per heavy atom. The molecular weight excluding hydrogens is 735 g/mol. The zero-order chi connectivity index (χ0) is 41.4. The minimum absolute atomic E-state index is 0.0731. The molecule has 0 aliphatic carbocycles. The summed E-state index contributed by atoms with van der Waals surface area (Å²) in [5.74, 6) is -1.03. The van der Waals surface area contributed by atoms with Crippen LogP contribution in [0.3, 0.4) is 0 Å². The predicted molar refractivity (Wildman–Crippen MR) is 225 cm³/mol. The SMILES string of the molecule is CC/C=C\C/C=C\CC(O)/C=C/C=C\C/C=C\CCCC(=O)O[C@H](COC(=O)CCCCCCCCCCCCCCCCC)COP(=O)(O)OC[C@@H](O)CO. The van der Waals surface area contributed by atoms with Crippen LogP contribution >= 0.6 is 7.82 Å². The van der Waals surface area contributed by atoms with Gasteiger partial charge in [-0.3, -0.25) is 18.6 Å². The highest BCUT2D eigenvalue weighted by molar-refractivity contribution is 7.47. The van der Waals surface area contributed by atoms with E-state index in [1.54, 1.807) is 6.08 Å². The maximum absolute atomic E-state index is 12.6. The van der Waals surface area contributed by atoms with Gasteiger partial charge in [0.25, 0.3) is 0 Å². The fourth-order valence-electron chi connectivity index (χ4n) is 5.47. The topological polar surface area (TPSA) is 169 Å². The Labute approximate surface area is 338 Å². The van der Waals surface area contributed by atoms with Crippen LogP contribution in [0.5, 0.6) is 0 Å². The van der Waals surface area contributed by atoms with Crippen LogP contribution in [0.4, 0.5) is 0 Å². The van der Waals surface area contributed by atoms with Gasteiger partial charge in [0.2, 0.25) is 0 Å². The molecule has 2 unspecified atom stereocenters. The quantitative estimate of drug-likeness (QED) is 0.0153. The molecule has 0 bridgehead atoms. The molecule has 12 heteroatoms. The van der Waals surface area contributed by atoms with E-state index < -0.39 is 57.9 Å². The van der Waals surface area contributed by atoms with Gasteiger partial charge in [-0.05, 0) is 44.9 Å². The highest BCUT2D eigenvalue weighted by Crippen LogP contribution is 2.43. The van der Waals surface area contributed by atoms with Crippen LogP contribution in [0, 0.1) is 0 Å². The average molecular weight is 813 g/mol. The molecule has 0 aromatic rings. The van der Waals surface area contributed by atoms with Gasteiger partial charge in [0.05, 0.1) is 25.9 Å². The summed E-state index contributed by atoms with van der Waals surface area (Å²) in [4.78, 5) is 34.9. The number of ether oxygens (including phenoxy) is 2. The third-order valence-electron chi connectivity index (χ3n) is 8.77. The van der Waals surface area contributed by atoms with Crippen molar-refractivity contribution in [2.24, 2.45) is 0 Å². The van der Waals surface area contributed by atoms with Crippen LogP contribution in [-0.2, 0) is 32.7 Å². The normalized spacial score (nSPS) is 15.0. The van der Waals surface area contributed by atoms with Gasteiger partial charge < -0.3 is 29.7 Å². The van der Waals surface area contributed by atoms with Gasteiger partial charge in [-0.25, -0.2) is 4.57 Å². The minimum Gasteiger partial charge on any atom is -0.462 e. The van der Waals surface area contributed by atoms with Crippen molar-refractivity contribution in [3.63, 3.8) is 0 Å². The number of carbonyl (C=O) groups excluding carboxylic acids is 2. The lowest BCUT2D eigenvalue weighted by atomic mass is 10.0. The molecule has 56 heavy (non-hydrogen) atoms. The zero-order valence-electron chi connectivity index (χ0n) is 34.7. The van der Waals surface area contributed by atoms with Crippen molar-refractivity contribution in [3.8, 4) is 0 Å². The third-order valence-corrected chi connectivity index (χ3v) is 9.72. The van der Waals surface area contributed by atoms with E-state index in [1.807, 2.05) is 42.5 Å². The number of aliphatic hydroxyl groups excluding tert-OH is 3. The van der Waals surface area contributed by atoms with Gasteiger partial charge >= 0.3 is 19.8 Å². The largest absolute Gasteiger partial charge is 0.472 e. The van der Waals surface area contributed by atoms with E-state index >= 15 is 0 Å². The van der Waals surface area contributed by atoms with E-state index in [0.717, 1.165) is 32.1 Å². The number of unbranched alkanes of at least 4 members (excludes halogenated alkanes) is 15.